The zero-order valence-corrected chi connectivity index (χ0v) is 18.2. The van der Waals surface area contributed by atoms with Crippen LogP contribution >= 0.6 is 0 Å². The summed E-state index contributed by atoms with van der Waals surface area (Å²) in [5.74, 6) is 1.50. The second-order valence-electron chi connectivity index (χ2n) is 7.85. The van der Waals surface area contributed by atoms with Crippen molar-refractivity contribution in [3.8, 4) is 45.7 Å². The van der Waals surface area contributed by atoms with E-state index in [0.717, 1.165) is 42.4 Å². The summed E-state index contributed by atoms with van der Waals surface area (Å²) in [5, 5.41) is 21.0. The third-order valence-corrected chi connectivity index (χ3v) is 5.44. The molecule has 0 aliphatic rings. The van der Waals surface area contributed by atoms with Gasteiger partial charge in [0.15, 0.2) is 17.5 Å². The summed E-state index contributed by atoms with van der Waals surface area (Å²) in [5.41, 5.74) is 3.01. The van der Waals surface area contributed by atoms with E-state index in [4.69, 9.17) is 0 Å². The first-order valence-corrected chi connectivity index (χ1v) is 11.1. The molecular formula is C27H27N3O2. The number of unbranched alkanes of at least 4 members (excludes halogenated alkanes) is 3. The Morgan fingerprint density at radius 2 is 1.19 bits per heavy atom. The number of phenolic OH excluding ortho intramolecular Hbond substituents is 2. The number of benzene rings is 3. The summed E-state index contributed by atoms with van der Waals surface area (Å²) in [6.07, 6.45) is 5.14. The Morgan fingerprint density at radius 1 is 0.625 bits per heavy atom. The summed E-state index contributed by atoms with van der Waals surface area (Å²) in [7, 11) is 0. The quantitative estimate of drug-likeness (QED) is 0.319. The van der Waals surface area contributed by atoms with E-state index >= 15 is 0 Å². The molecule has 5 heteroatoms. The summed E-state index contributed by atoms with van der Waals surface area (Å²) in [6.45, 7) is 2.17. The molecule has 0 saturated carbocycles. The van der Waals surface area contributed by atoms with E-state index in [1.807, 2.05) is 60.7 Å². The molecular weight excluding hydrogens is 398 g/mol. The number of aromatic hydroxyl groups is 2. The van der Waals surface area contributed by atoms with Gasteiger partial charge in [0.25, 0.3) is 0 Å². The topological polar surface area (TPSA) is 79.1 Å². The molecule has 32 heavy (non-hydrogen) atoms. The molecule has 5 nitrogen and oxygen atoms in total. The van der Waals surface area contributed by atoms with Crippen molar-refractivity contribution in [1.82, 2.24) is 15.0 Å². The lowest BCUT2D eigenvalue weighted by Gasteiger charge is -2.12. The normalized spacial score (nSPS) is 10.9. The Hall–Kier alpha value is -3.73. The van der Waals surface area contributed by atoms with Gasteiger partial charge in [-0.3, -0.25) is 0 Å². The van der Waals surface area contributed by atoms with Gasteiger partial charge in [0.2, 0.25) is 0 Å². The smallest absolute Gasteiger partial charge is 0.167 e. The molecule has 0 fully saturated rings. The Morgan fingerprint density at radius 3 is 1.75 bits per heavy atom. The fourth-order valence-corrected chi connectivity index (χ4v) is 3.67. The fourth-order valence-electron chi connectivity index (χ4n) is 3.67. The fraction of sp³-hybridized carbons (Fsp3) is 0.222. The summed E-state index contributed by atoms with van der Waals surface area (Å²) in [6, 6.07) is 22.6. The molecule has 0 aliphatic carbocycles. The monoisotopic (exact) mass is 425 g/mol. The van der Waals surface area contributed by atoms with Crippen LogP contribution in [0.1, 0.15) is 38.2 Å². The molecule has 1 heterocycles. The van der Waals surface area contributed by atoms with E-state index in [0.29, 0.717) is 23.0 Å². The van der Waals surface area contributed by atoms with Crippen LogP contribution in [0.3, 0.4) is 0 Å². The third-order valence-electron chi connectivity index (χ3n) is 5.44. The maximum atomic E-state index is 10.6. The highest BCUT2D eigenvalue weighted by molar-refractivity contribution is 5.71. The third kappa shape index (κ3) is 4.94. The van der Waals surface area contributed by atoms with Crippen LogP contribution in [0.2, 0.25) is 0 Å². The Kier molecular flexibility index (Phi) is 6.75. The van der Waals surface area contributed by atoms with E-state index in [1.165, 1.54) is 12.5 Å². The molecule has 0 bridgehead atoms. The van der Waals surface area contributed by atoms with E-state index in [2.05, 4.69) is 21.9 Å². The molecule has 1 aromatic heterocycles. The van der Waals surface area contributed by atoms with Crippen LogP contribution in [0.5, 0.6) is 11.5 Å². The summed E-state index contributed by atoms with van der Waals surface area (Å²) in [4.78, 5) is 14.0. The number of hydrogen-bond acceptors (Lipinski definition) is 5. The predicted octanol–water partition coefficient (Wildman–Crippen LogP) is 6.41. The maximum Gasteiger partial charge on any atom is 0.167 e. The number of hydrogen-bond donors (Lipinski definition) is 2. The Bertz CT molecular complexity index is 1120. The lowest BCUT2D eigenvalue weighted by atomic mass is 10.0. The van der Waals surface area contributed by atoms with Crippen molar-refractivity contribution in [3.63, 3.8) is 0 Å². The molecule has 4 aromatic rings. The van der Waals surface area contributed by atoms with Crippen LogP contribution < -0.4 is 0 Å². The molecule has 0 unspecified atom stereocenters. The van der Waals surface area contributed by atoms with Crippen molar-refractivity contribution < 1.29 is 10.2 Å². The van der Waals surface area contributed by atoms with Crippen molar-refractivity contribution in [3.05, 3.63) is 78.4 Å². The Balaban J connectivity index is 1.80. The molecule has 0 spiro atoms. The number of phenols is 2. The van der Waals surface area contributed by atoms with Gasteiger partial charge in [-0.05, 0) is 24.5 Å². The molecule has 0 radical (unpaired) electrons. The van der Waals surface area contributed by atoms with Gasteiger partial charge in [0, 0.05) is 17.2 Å². The number of nitrogens with zero attached hydrogens (tertiary/aromatic N) is 3. The van der Waals surface area contributed by atoms with Gasteiger partial charge in [-0.2, -0.15) is 0 Å². The minimum absolute atomic E-state index is 0.0518. The largest absolute Gasteiger partial charge is 0.508 e. The van der Waals surface area contributed by atoms with E-state index in [1.54, 1.807) is 6.07 Å². The van der Waals surface area contributed by atoms with Gasteiger partial charge in [-0.1, -0.05) is 86.8 Å². The maximum absolute atomic E-state index is 10.6. The first-order valence-electron chi connectivity index (χ1n) is 11.1. The number of aryl methyl sites for hydroxylation is 1. The molecule has 162 valence electrons. The van der Waals surface area contributed by atoms with Crippen LogP contribution in [0.4, 0.5) is 0 Å². The molecule has 0 amide bonds. The van der Waals surface area contributed by atoms with Crippen molar-refractivity contribution >= 4 is 0 Å². The minimum atomic E-state index is -0.0518. The van der Waals surface area contributed by atoms with Gasteiger partial charge in [-0.25, -0.2) is 15.0 Å². The van der Waals surface area contributed by atoms with Crippen molar-refractivity contribution in [2.24, 2.45) is 0 Å². The zero-order chi connectivity index (χ0) is 22.3. The van der Waals surface area contributed by atoms with Crippen LogP contribution in [-0.4, -0.2) is 25.2 Å². The molecule has 0 atom stereocenters. The van der Waals surface area contributed by atoms with Crippen molar-refractivity contribution in [2.75, 3.05) is 0 Å². The van der Waals surface area contributed by atoms with Gasteiger partial charge in [0.1, 0.15) is 11.5 Å². The lowest BCUT2D eigenvalue weighted by molar-refractivity contribution is 0.446. The van der Waals surface area contributed by atoms with Crippen LogP contribution in [0.15, 0.2) is 72.8 Å². The molecule has 0 aliphatic heterocycles. The van der Waals surface area contributed by atoms with Gasteiger partial charge in [-0.15, -0.1) is 0 Å². The van der Waals surface area contributed by atoms with Crippen LogP contribution in [0.25, 0.3) is 34.2 Å². The highest BCUT2D eigenvalue weighted by atomic mass is 16.3. The number of rotatable bonds is 8. The first kappa shape index (κ1) is 21.5. The summed E-state index contributed by atoms with van der Waals surface area (Å²) >= 11 is 0. The SMILES string of the molecule is CCCCCCc1cc(-c2nc(-c3ccccc3)nc(-c3ccccc3)n2)c(O)cc1O. The summed E-state index contributed by atoms with van der Waals surface area (Å²) < 4.78 is 0. The molecule has 2 N–H and O–H groups in total. The standard InChI is InChI=1S/C27H27N3O2/c1-2-3-4-7-16-21-17-22(24(32)18-23(21)31)27-29-25(19-12-8-5-9-13-19)28-26(30-27)20-14-10-6-11-15-20/h5-6,8-15,17-18,31-32H,2-4,7,16H2,1H3. The molecule has 3 aromatic carbocycles. The van der Waals surface area contributed by atoms with Crippen LogP contribution in [-0.2, 0) is 6.42 Å². The lowest BCUT2D eigenvalue weighted by Crippen LogP contribution is -2.01. The Labute approximate surface area is 188 Å². The number of aromatic nitrogens is 3. The first-order chi connectivity index (χ1) is 15.7. The van der Waals surface area contributed by atoms with Gasteiger partial charge >= 0.3 is 0 Å². The second-order valence-corrected chi connectivity index (χ2v) is 7.85. The second kappa shape index (κ2) is 10.1. The average molecular weight is 426 g/mol. The van der Waals surface area contributed by atoms with E-state index < -0.39 is 0 Å². The van der Waals surface area contributed by atoms with Gasteiger partial charge < -0.3 is 10.2 Å². The highest BCUT2D eigenvalue weighted by Gasteiger charge is 2.17. The van der Waals surface area contributed by atoms with Crippen LogP contribution in [0, 0.1) is 0 Å². The van der Waals surface area contributed by atoms with Crippen molar-refractivity contribution in [2.45, 2.75) is 39.0 Å². The van der Waals surface area contributed by atoms with E-state index in [9.17, 15) is 10.2 Å². The zero-order valence-electron chi connectivity index (χ0n) is 18.2. The van der Waals surface area contributed by atoms with Gasteiger partial charge in [0.05, 0.1) is 5.56 Å². The molecule has 0 saturated heterocycles. The average Bonchev–Trinajstić information content (AvgIpc) is 2.84. The van der Waals surface area contributed by atoms with Crippen molar-refractivity contribution in [1.29, 1.82) is 0 Å². The predicted molar refractivity (Wildman–Crippen MR) is 127 cm³/mol. The molecule has 4 rings (SSSR count). The minimum Gasteiger partial charge on any atom is -0.508 e. The highest BCUT2D eigenvalue weighted by Crippen LogP contribution is 2.35. The van der Waals surface area contributed by atoms with E-state index in [-0.39, 0.29) is 11.5 Å².